The Morgan fingerprint density at radius 2 is 2.11 bits per heavy atom. The second-order valence-electron chi connectivity index (χ2n) is 4.55. The Kier molecular flexibility index (Phi) is 3.77. The zero-order valence-corrected chi connectivity index (χ0v) is 10.8. The monoisotopic (exact) mass is 271 g/mol. The standard InChI is InChI=1S/C12H17NO4S/c14-11-5-1-3-9(12(11)15)7-13-8-10-4-2-6-18(10,16)17/h1,3,5,10,13-15H,2,4,6-8H2. The van der Waals surface area contributed by atoms with Crippen molar-refractivity contribution in [3.8, 4) is 11.5 Å². The maximum Gasteiger partial charge on any atom is 0.161 e. The minimum atomic E-state index is -2.93. The minimum absolute atomic E-state index is 0.153. The van der Waals surface area contributed by atoms with Crippen LogP contribution in [0.4, 0.5) is 0 Å². The maximum atomic E-state index is 11.6. The van der Waals surface area contributed by atoms with Crippen molar-refractivity contribution in [2.75, 3.05) is 12.3 Å². The normalized spacial score (nSPS) is 22.1. The quantitative estimate of drug-likeness (QED) is 0.704. The van der Waals surface area contributed by atoms with Crippen LogP contribution < -0.4 is 5.32 Å². The molecule has 18 heavy (non-hydrogen) atoms. The highest BCUT2D eigenvalue weighted by molar-refractivity contribution is 7.92. The van der Waals surface area contributed by atoms with E-state index in [1.165, 1.54) is 6.07 Å². The average molecular weight is 271 g/mol. The maximum absolute atomic E-state index is 11.6. The van der Waals surface area contributed by atoms with Crippen molar-refractivity contribution >= 4 is 9.84 Å². The van der Waals surface area contributed by atoms with Crippen LogP contribution >= 0.6 is 0 Å². The van der Waals surface area contributed by atoms with Crippen molar-refractivity contribution in [3.05, 3.63) is 23.8 Å². The van der Waals surface area contributed by atoms with Gasteiger partial charge in [0, 0.05) is 18.7 Å². The molecule has 0 radical (unpaired) electrons. The number of phenols is 2. The van der Waals surface area contributed by atoms with Gasteiger partial charge in [-0.25, -0.2) is 8.42 Å². The number of para-hydroxylation sites is 1. The van der Waals surface area contributed by atoms with Gasteiger partial charge in [0.15, 0.2) is 21.3 Å². The van der Waals surface area contributed by atoms with Gasteiger partial charge in [0.25, 0.3) is 0 Å². The van der Waals surface area contributed by atoms with Crippen molar-refractivity contribution in [1.29, 1.82) is 0 Å². The van der Waals surface area contributed by atoms with Gasteiger partial charge in [0.1, 0.15) is 0 Å². The van der Waals surface area contributed by atoms with Crippen molar-refractivity contribution < 1.29 is 18.6 Å². The lowest BCUT2D eigenvalue weighted by atomic mass is 10.2. The van der Waals surface area contributed by atoms with Crippen LogP contribution in [-0.4, -0.2) is 36.2 Å². The summed E-state index contributed by atoms with van der Waals surface area (Å²) in [5.41, 5.74) is 0.561. The highest BCUT2D eigenvalue weighted by Gasteiger charge is 2.30. The SMILES string of the molecule is O=S1(=O)CCCC1CNCc1cccc(O)c1O. The third kappa shape index (κ3) is 2.76. The number of hydrogen-bond acceptors (Lipinski definition) is 5. The molecule has 3 N–H and O–H groups in total. The molecule has 1 aliphatic heterocycles. The topological polar surface area (TPSA) is 86.6 Å². The molecule has 0 saturated carbocycles. The number of rotatable bonds is 4. The summed E-state index contributed by atoms with van der Waals surface area (Å²) in [6.45, 7) is 0.726. The molecule has 0 amide bonds. The van der Waals surface area contributed by atoms with Gasteiger partial charge in [0.05, 0.1) is 11.0 Å². The van der Waals surface area contributed by atoms with Gasteiger partial charge in [-0.2, -0.15) is 0 Å². The van der Waals surface area contributed by atoms with Crippen molar-refractivity contribution in [2.45, 2.75) is 24.6 Å². The molecule has 0 aromatic heterocycles. The molecule has 2 rings (SSSR count). The Morgan fingerprint density at radius 3 is 2.78 bits per heavy atom. The average Bonchev–Trinajstić information content (AvgIpc) is 2.64. The summed E-state index contributed by atoms with van der Waals surface area (Å²) in [7, 11) is -2.93. The molecule has 1 aromatic rings. The van der Waals surface area contributed by atoms with E-state index in [0.717, 1.165) is 6.42 Å². The summed E-state index contributed by atoms with van der Waals surface area (Å²) >= 11 is 0. The van der Waals surface area contributed by atoms with E-state index >= 15 is 0 Å². The zero-order chi connectivity index (χ0) is 13.2. The van der Waals surface area contributed by atoms with E-state index in [9.17, 15) is 18.6 Å². The first-order chi connectivity index (χ1) is 8.50. The van der Waals surface area contributed by atoms with Crippen LogP contribution in [0.3, 0.4) is 0 Å². The van der Waals surface area contributed by atoms with E-state index < -0.39 is 9.84 Å². The largest absolute Gasteiger partial charge is 0.504 e. The third-order valence-electron chi connectivity index (χ3n) is 3.25. The first-order valence-electron chi connectivity index (χ1n) is 5.93. The lowest BCUT2D eigenvalue weighted by Crippen LogP contribution is -2.30. The molecule has 0 aliphatic carbocycles. The van der Waals surface area contributed by atoms with Gasteiger partial charge in [-0.05, 0) is 18.9 Å². The summed E-state index contributed by atoms with van der Waals surface area (Å²) < 4.78 is 23.2. The number of sulfone groups is 1. The summed E-state index contributed by atoms with van der Waals surface area (Å²) in [5.74, 6) is -0.0430. The molecule has 1 aromatic carbocycles. The first-order valence-corrected chi connectivity index (χ1v) is 7.64. The van der Waals surface area contributed by atoms with Gasteiger partial charge >= 0.3 is 0 Å². The van der Waals surface area contributed by atoms with Crippen molar-refractivity contribution in [2.24, 2.45) is 0 Å². The van der Waals surface area contributed by atoms with Gasteiger partial charge in [0.2, 0.25) is 0 Å². The molecule has 0 spiro atoms. The Balaban J connectivity index is 1.91. The fourth-order valence-electron chi connectivity index (χ4n) is 2.18. The minimum Gasteiger partial charge on any atom is -0.504 e. The smallest absolute Gasteiger partial charge is 0.161 e. The third-order valence-corrected chi connectivity index (χ3v) is 5.52. The lowest BCUT2D eigenvalue weighted by Gasteiger charge is -2.11. The highest BCUT2D eigenvalue weighted by atomic mass is 32.2. The molecule has 0 bridgehead atoms. The molecular formula is C12H17NO4S. The van der Waals surface area contributed by atoms with E-state index in [2.05, 4.69) is 5.32 Å². The molecule has 6 heteroatoms. The van der Waals surface area contributed by atoms with Crippen LogP contribution in [0.2, 0.25) is 0 Å². The van der Waals surface area contributed by atoms with Crippen LogP contribution in [-0.2, 0) is 16.4 Å². The fraction of sp³-hybridized carbons (Fsp3) is 0.500. The van der Waals surface area contributed by atoms with E-state index in [4.69, 9.17) is 0 Å². The molecular weight excluding hydrogens is 254 g/mol. The molecule has 1 fully saturated rings. The van der Waals surface area contributed by atoms with Gasteiger partial charge in [-0.15, -0.1) is 0 Å². The Labute approximate surface area is 106 Å². The number of benzene rings is 1. The second kappa shape index (κ2) is 5.16. The predicted molar refractivity (Wildman–Crippen MR) is 68.3 cm³/mol. The molecule has 5 nitrogen and oxygen atoms in total. The van der Waals surface area contributed by atoms with Crippen molar-refractivity contribution in [3.63, 3.8) is 0 Å². The van der Waals surface area contributed by atoms with Crippen LogP contribution in [0.25, 0.3) is 0 Å². The first kappa shape index (κ1) is 13.2. The number of hydrogen-bond donors (Lipinski definition) is 3. The summed E-state index contributed by atoms with van der Waals surface area (Å²) in [5, 5.41) is 21.6. The Hall–Kier alpha value is -1.27. The van der Waals surface area contributed by atoms with E-state index in [1.54, 1.807) is 12.1 Å². The van der Waals surface area contributed by atoms with Crippen LogP contribution in [0.5, 0.6) is 11.5 Å². The fourth-order valence-corrected chi connectivity index (χ4v) is 3.98. The van der Waals surface area contributed by atoms with Crippen LogP contribution in [0.1, 0.15) is 18.4 Å². The molecule has 1 heterocycles. The molecule has 1 saturated heterocycles. The summed E-state index contributed by atoms with van der Waals surface area (Å²) in [6.07, 6.45) is 1.42. The van der Waals surface area contributed by atoms with E-state index in [1.807, 2.05) is 0 Å². The highest BCUT2D eigenvalue weighted by Crippen LogP contribution is 2.28. The molecule has 1 unspecified atom stereocenters. The van der Waals surface area contributed by atoms with E-state index in [0.29, 0.717) is 25.1 Å². The van der Waals surface area contributed by atoms with Gasteiger partial charge < -0.3 is 15.5 Å². The van der Waals surface area contributed by atoms with Crippen LogP contribution in [0.15, 0.2) is 18.2 Å². The molecule has 100 valence electrons. The van der Waals surface area contributed by atoms with E-state index in [-0.39, 0.29) is 22.5 Å². The predicted octanol–water partition coefficient (Wildman–Crippen LogP) is 0.765. The summed E-state index contributed by atoms with van der Waals surface area (Å²) in [4.78, 5) is 0. The van der Waals surface area contributed by atoms with Crippen LogP contribution in [0, 0.1) is 0 Å². The van der Waals surface area contributed by atoms with Gasteiger partial charge in [-0.1, -0.05) is 12.1 Å². The van der Waals surface area contributed by atoms with Gasteiger partial charge in [-0.3, -0.25) is 0 Å². The molecule has 1 atom stereocenters. The molecule has 1 aliphatic rings. The Morgan fingerprint density at radius 1 is 1.33 bits per heavy atom. The second-order valence-corrected chi connectivity index (χ2v) is 6.95. The van der Waals surface area contributed by atoms with Crippen molar-refractivity contribution in [1.82, 2.24) is 5.32 Å². The lowest BCUT2D eigenvalue weighted by molar-refractivity contribution is 0.397. The summed E-state index contributed by atoms with van der Waals surface area (Å²) in [6, 6.07) is 4.73. The zero-order valence-electron chi connectivity index (χ0n) is 9.96. The number of nitrogens with one attached hydrogen (secondary N) is 1. The Bertz CT molecular complexity index is 527. The number of phenolic OH excluding ortho intramolecular Hbond substituents is 2. The number of aromatic hydroxyl groups is 2.